The van der Waals surface area contributed by atoms with Gasteiger partial charge in [-0.1, -0.05) is 0 Å². The van der Waals surface area contributed by atoms with Gasteiger partial charge in [-0.15, -0.1) is 0 Å². The quantitative estimate of drug-likeness (QED) is 0.703. The van der Waals surface area contributed by atoms with Crippen LogP contribution in [0.15, 0.2) is 18.2 Å². The number of rotatable bonds is 2. The first-order valence-electron chi connectivity index (χ1n) is 3.44. The van der Waals surface area contributed by atoms with Gasteiger partial charge < -0.3 is 4.74 Å². The third kappa shape index (κ3) is 2.41. The van der Waals surface area contributed by atoms with E-state index >= 15 is 0 Å². The minimum absolute atomic E-state index is 0.00556. The predicted octanol–water partition coefficient (Wildman–Crippen LogP) is 2.34. The van der Waals surface area contributed by atoms with E-state index in [2.05, 4.69) is 11.7 Å². The molecule has 2 nitrogen and oxygen atoms in total. The van der Waals surface area contributed by atoms with Crippen LogP contribution in [0.25, 0.3) is 0 Å². The molecule has 1 aromatic carbocycles. The van der Waals surface area contributed by atoms with Gasteiger partial charge in [-0.3, -0.25) is 0 Å². The summed E-state index contributed by atoms with van der Waals surface area (Å²) in [5.41, 5.74) is 0.644. The van der Waals surface area contributed by atoms with Gasteiger partial charge in [0.05, 0.1) is 11.6 Å². The number of nitriles is 1. The minimum atomic E-state index is -2.87. The fraction of sp³-hybridized carbons (Fsp3) is 0.111. The number of hydrogen-bond acceptors (Lipinski definition) is 2. The van der Waals surface area contributed by atoms with Gasteiger partial charge in [0.25, 0.3) is 0 Å². The van der Waals surface area contributed by atoms with E-state index in [4.69, 9.17) is 5.26 Å². The van der Waals surface area contributed by atoms with E-state index in [0.29, 0.717) is 5.56 Å². The second-order valence-corrected chi connectivity index (χ2v) is 2.31. The second kappa shape index (κ2) is 3.85. The van der Waals surface area contributed by atoms with Crippen LogP contribution in [-0.4, -0.2) is 6.61 Å². The lowest BCUT2D eigenvalue weighted by Gasteiger charge is -2.06. The van der Waals surface area contributed by atoms with Gasteiger partial charge in [-0.05, 0) is 30.7 Å². The number of nitrogens with zero attached hydrogens (tertiary/aromatic N) is 1. The van der Waals surface area contributed by atoms with Crippen LogP contribution in [0.4, 0.5) is 8.78 Å². The van der Waals surface area contributed by atoms with E-state index in [9.17, 15) is 8.78 Å². The number of benzene rings is 1. The lowest BCUT2D eigenvalue weighted by Crippen LogP contribution is -2.03. The maximum atomic E-state index is 11.8. The molecule has 0 fully saturated rings. The van der Waals surface area contributed by atoms with Crippen LogP contribution >= 0.6 is 0 Å². The van der Waals surface area contributed by atoms with Gasteiger partial charge in [0, 0.05) is 0 Å². The van der Waals surface area contributed by atoms with Gasteiger partial charge >= 0.3 is 6.61 Å². The summed E-state index contributed by atoms with van der Waals surface area (Å²) in [6.07, 6.45) is 0. The highest BCUT2D eigenvalue weighted by atomic mass is 19.3. The third-order valence-electron chi connectivity index (χ3n) is 1.41. The SMILES string of the molecule is [CH2]c1cc(C#N)ccc1OC(F)F. The van der Waals surface area contributed by atoms with Crippen molar-refractivity contribution in [3.8, 4) is 11.8 Å². The van der Waals surface area contributed by atoms with Crippen LogP contribution in [0.2, 0.25) is 0 Å². The smallest absolute Gasteiger partial charge is 0.387 e. The molecule has 4 heteroatoms. The summed E-state index contributed by atoms with van der Waals surface area (Å²) < 4.78 is 27.7. The molecule has 0 N–H and O–H groups in total. The zero-order chi connectivity index (χ0) is 9.84. The average molecular weight is 182 g/mol. The minimum Gasteiger partial charge on any atom is -0.435 e. The fourth-order valence-electron chi connectivity index (χ4n) is 0.860. The first-order chi connectivity index (χ1) is 6.13. The normalized spacial score (nSPS) is 9.77. The molecule has 0 heterocycles. The molecular weight excluding hydrogens is 176 g/mol. The van der Waals surface area contributed by atoms with Crippen molar-refractivity contribution >= 4 is 0 Å². The van der Waals surface area contributed by atoms with Gasteiger partial charge in [-0.25, -0.2) is 0 Å². The molecule has 0 bridgehead atoms. The summed E-state index contributed by atoms with van der Waals surface area (Å²) in [4.78, 5) is 0. The highest BCUT2D eigenvalue weighted by Gasteiger charge is 2.06. The van der Waals surface area contributed by atoms with Crippen molar-refractivity contribution in [3.05, 3.63) is 36.2 Å². The number of ether oxygens (including phenoxy) is 1. The number of hydrogen-bond donors (Lipinski definition) is 0. The van der Waals surface area contributed by atoms with Crippen molar-refractivity contribution in [2.45, 2.75) is 6.61 Å². The molecule has 0 aliphatic rings. The maximum absolute atomic E-state index is 11.8. The zero-order valence-corrected chi connectivity index (χ0v) is 6.63. The fourth-order valence-corrected chi connectivity index (χ4v) is 0.860. The Bertz CT molecular complexity index is 344. The Hall–Kier alpha value is -1.63. The molecule has 1 radical (unpaired) electrons. The summed E-state index contributed by atoms with van der Waals surface area (Å²) in [6.45, 7) is 0.606. The first kappa shape index (κ1) is 9.46. The molecule has 0 spiro atoms. The van der Waals surface area contributed by atoms with E-state index < -0.39 is 6.61 Å². The Labute approximate surface area is 74.4 Å². The largest absolute Gasteiger partial charge is 0.435 e. The van der Waals surface area contributed by atoms with Gasteiger partial charge in [0.1, 0.15) is 5.75 Å². The number of halogens is 2. The first-order valence-corrected chi connectivity index (χ1v) is 3.44. The van der Waals surface area contributed by atoms with E-state index in [1.54, 1.807) is 0 Å². The predicted molar refractivity (Wildman–Crippen MR) is 42.2 cm³/mol. The van der Waals surface area contributed by atoms with Crippen molar-refractivity contribution in [1.29, 1.82) is 5.26 Å². The molecule has 0 aliphatic carbocycles. The lowest BCUT2D eigenvalue weighted by atomic mass is 10.1. The average Bonchev–Trinajstić information content (AvgIpc) is 2.08. The summed E-state index contributed by atoms with van der Waals surface area (Å²) in [5.74, 6) is -0.00556. The topological polar surface area (TPSA) is 33.0 Å². The molecule has 0 aliphatic heterocycles. The molecule has 13 heavy (non-hydrogen) atoms. The van der Waals surface area contributed by atoms with Crippen molar-refractivity contribution < 1.29 is 13.5 Å². The van der Waals surface area contributed by atoms with Crippen LogP contribution in [-0.2, 0) is 0 Å². The van der Waals surface area contributed by atoms with Crippen LogP contribution < -0.4 is 4.74 Å². The third-order valence-corrected chi connectivity index (χ3v) is 1.41. The van der Waals surface area contributed by atoms with E-state index in [1.165, 1.54) is 18.2 Å². The lowest BCUT2D eigenvalue weighted by molar-refractivity contribution is -0.0501. The molecule has 0 aromatic heterocycles. The molecular formula is C9H6F2NO. The summed E-state index contributed by atoms with van der Waals surface area (Å²) in [5, 5.41) is 8.47. The van der Waals surface area contributed by atoms with E-state index in [0.717, 1.165) is 0 Å². The summed E-state index contributed by atoms with van der Waals surface area (Å²) >= 11 is 0. The van der Waals surface area contributed by atoms with Gasteiger partial charge in [0.2, 0.25) is 0 Å². The summed E-state index contributed by atoms with van der Waals surface area (Å²) in [7, 11) is 0. The molecule has 1 aromatic rings. The van der Waals surface area contributed by atoms with Gasteiger partial charge in [0.15, 0.2) is 0 Å². The molecule has 0 saturated carbocycles. The second-order valence-electron chi connectivity index (χ2n) is 2.31. The van der Waals surface area contributed by atoms with Crippen LogP contribution in [0.5, 0.6) is 5.75 Å². The van der Waals surface area contributed by atoms with E-state index in [1.807, 2.05) is 6.07 Å². The Morgan fingerprint density at radius 1 is 1.46 bits per heavy atom. The van der Waals surface area contributed by atoms with Crippen LogP contribution in [0.1, 0.15) is 11.1 Å². The standard InChI is InChI=1S/C9H6F2NO/c1-6-4-7(5-12)2-3-8(6)13-9(10)11/h2-4,9H,1H2. The van der Waals surface area contributed by atoms with Crippen molar-refractivity contribution in [3.63, 3.8) is 0 Å². The molecule has 67 valence electrons. The van der Waals surface area contributed by atoms with Crippen molar-refractivity contribution in [1.82, 2.24) is 0 Å². The van der Waals surface area contributed by atoms with Gasteiger partial charge in [-0.2, -0.15) is 14.0 Å². The molecule has 0 saturated heterocycles. The molecule has 0 atom stereocenters. The maximum Gasteiger partial charge on any atom is 0.387 e. The Morgan fingerprint density at radius 3 is 2.62 bits per heavy atom. The Kier molecular flexibility index (Phi) is 2.80. The zero-order valence-electron chi connectivity index (χ0n) is 6.63. The van der Waals surface area contributed by atoms with Crippen LogP contribution in [0, 0.1) is 18.3 Å². The monoisotopic (exact) mass is 182 g/mol. The highest BCUT2D eigenvalue weighted by molar-refractivity contribution is 5.43. The Balaban J connectivity index is 2.93. The van der Waals surface area contributed by atoms with Crippen molar-refractivity contribution in [2.24, 2.45) is 0 Å². The summed E-state index contributed by atoms with van der Waals surface area (Å²) in [6, 6.07) is 5.95. The van der Waals surface area contributed by atoms with Crippen LogP contribution in [0.3, 0.4) is 0 Å². The molecule has 1 rings (SSSR count). The number of alkyl halides is 2. The highest BCUT2D eigenvalue weighted by Crippen LogP contribution is 2.20. The van der Waals surface area contributed by atoms with Crippen molar-refractivity contribution in [2.75, 3.05) is 0 Å². The Morgan fingerprint density at radius 2 is 2.15 bits per heavy atom. The molecule has 0 amide bonds. The van der Waals surface area contributed by atoms with E-state index in [-0.39, 0.29) is 11.3 Å². The molecule has 0 unspecified atom stereocenters.